The standard InChI is InChI=1S/C22H29FN4O2/c1-15-7-16(2)27(25-15)19-6-4-5-17(8-19)18(9-21(28)29-3)10-26-11-20(23)22(14-26)12-24-13-22/h4-8,18,20,24H,9-14H2,1-3H3/t18-,20?/m1/s1. The highest BCUT2D eigenvalue weighted by atomic mass is 19.1. The number of alkyl halides is 1. The number of likely N-dealkylation sites (tertiary alicyclic amines) is 1. The highest BCUT2D eigenvalue weighted by Gasteiger charge is 2.51. The molecular weight excluding hydrogens is 371 g/mol. The van der Waals surface area contributed by atoms with Gasteiger partial charge in [0.25, 0.3) is 0 Å². The molecule has 29 heavy (non-hydrogen) atoms. The topological polar surface area (TPSA) is 59.4 Å². The quantitative estimate of drug-likeness (QED) is 0.755. The summed E-state index contributed by atoms with van der Waals surface area (Å²) in [5.41, 5.74) is 3.78. The molecular formula is C22H29FN4O2. The normalized spacial score (nSPS) is 21.9. The smallest absolute Gasteiger partial charge is 0.306 e. The van der Waals surface area contributed by atoms with Crippen molar-refractivity contribution in [3.05, 3.63) is 47.3 Å². The van der Waals surface area contributed by atoms with Crippen molar-refractivity contribution in [3.63, 3.8) is 0 Å². The third-order valence-electron chi connectivity index (χ3n) is 6.29. The molecule has 6 nitrogen and oxygen atoms in total. The van der Waals surface area contributed by atoms with Gasteiger partial charge in [0.05, 0.1) is 24.9 Å². The van der Waals surface area contributed by atoms with E-state index >= 15 is 0 Å². The molecule has 1 aromatic heterocycles. The summed E-state index contributed by atoms with van der Waals surface area (Å²) in [5, 5.41) is 7.77. The molecule has 2 fully saturated rings. The van der Waals surface area contributed by atoms with Crippen LogP contribution in [0.3, 0.4) is 0 Å². The lowest BCUT2D eigenvalue weighted by atomic mass is 9.80. The van der Waals surface area contributed by atoms with Crippen molar-refractivity contribution in [2.45, 2.75) is 32.4 Å². The fourth-order valence-corrected chi connectivity index (χ4v) is 4.63. The summed E-state index contributed by atoms with van der Waals surface area (Å²) in [7, 11) is 1.41. The molecule has 3 heterocycles. The second-order valence-corrected chi connectivity index (χ2v) is 8.54. The Morgan fingerprint density at radius 2 is 2.17 bits per heavy atom. The van der Waals surface area contributed by atoms with Gasteiger partial charge in [-0.15, -0.1) is 0 Å². The number of halogens is 1. The first-order chi connectivity index (χ1) is 13.9. The number of aryl methyl sites for hydroxylation is 2. The second kappa shape index (κ2) is 7.88. The molecule has 1 spiro atoms. The Kier molecular flexibility index (Phi) is 5.44. The van der Waals surface area contributed by atoms with Crippen LogP contribution in [0.5, 0.6) is 0 Å². The summed E-state index contributed by atoms with van der Waals surface area (Å²) in [6, 6.07) is 10.2. The van der Waals surface area contributed by atoms with Crippen LogP contribution in [0, 0.1) is 19.3 Å². The lowest BCUT2D eigenvalue weighted by Gasteiger charge is -2.40. The van der Waals surface area contributed by atoms with E-state index in [1.807, 2.05) is 42.8 Å². The predicted octanol–water partition coefficient (Wildman–Crippen LogP) is 2.38. The average Bonchev–Trinajstić information content (AvgIpc) is 3.19. The summed E-state index contributed by atoms with van der Waals surface area (Å²) < 4.78 is 21.5. The predicted molar refractivity (Wildman–Crippen MR) is 109 cm³/mol. The zero-order chi connectivity index (χ0) is 20.6. The molecule has 2 saturated heterocycles. The van der Waals surface area contributed by atoms with Gasteiger partial charge in [-0.1, -0.05) is 12.1 Å². The largest absolute Gasteiger partial charge is 0.469 e. The first-order valence-electron chi connectivity index (χ1n) is 10.2. The van der Waals surface area contributed by atoms with Crippen LogP contribution in [0.15, 0.2) is 30.3 Å². The van der Waals surface area contributed by atoms with Crippen molar-refractivity contribution in [1.29, 1.82) is 0 Å². The Morgan fingerprint density at radius 1 is 1.38 bits per heavy atom. The van der Waals surface area contributed by atoms with Gasteiger partial charge in [0.2, 0.25) is 0 Å². The fraction of sp³-hybridized carbons (Fsp3) is 0.545. The van der Waals surface area contributed by atoms with Gasteiger partial charge in [-0.05, 0) is 37.6 Å². The minimum Gasteiger partial charge on any atom is -0.469 e. The van der Waals surface area contributed by atoms with E-state index in [4.69, 9.17) is 4.74 Å². The molecule has 1 N–H and O–H groups in total. The Morgan fingerprint density at radius 3 is 2.76 bits per heavy atom. The van der Waals surface area contributed by atoms with Gasteiger partial charge in [-0.25, -0.2) is 9.07 Å². The van der Waals surface area contributed by atoms with Gasteiger partial charge in [0, 0.05) is 49.8 Å². The minimum atomic E-state index is -0.816. The Hall–Kier alpha value is -2.25. The number of carbonyl (C=O) groups excluding carboxylic acids is 1. The number of hydrogen-bond acceptors (Lipinski definition) is 5. The molecule has 0 saturated carbocycles. The third kappa shape index (κ3) is 3.94. The van der Waals surface area contributed by atoms with E-state index < -0.39 is 6.17 Å². The van der Waals surface area contributed by atoms with E-state index in [2.05, 4.69) is 21.4 Å². The molecule has 2 atom stereocenters. The first kappa shape index (κ1) is 20.0. The molecule has 2 aliphatic rings. The van der Waals surface area contributed by atoms with E-state index in [-0.39, 0.29) is 23.7 Å². The lowest BCUT2D eigenvalue weighted by Crippen LogP contribution is -2.58. The third-order valence-corrected chi connectivity index (χ3v) is 6.29. The van der Waals surface area contributed by atoms with Crippen LogP contribution < -0.4 is 5.32 Å². The number of carbonyl (C=O) groups is 1. The summed E-state index contributed by atoms with van der Waals surface area (Å²) in [6.07, 6.45) is -0.543. The number of nitrogens with one attached hydrogen (secondary N) is 1. The van der Waals surface area contributed by atoms with Gasteiger partial charge in [0.1, 0.15) is 6.17 Å². The number of nitrogens with zero attached hydrogens (tertiary/aromatic N) is 3. The molecule has 1 unspecified atom stereocenters. The van der Waals surface area contributed by atoms with Crippen LogP contribution in [0.4, 0.5) is 4.39 Å². The molecule has 4 rings (SSSR count). The highest BCUT2D eigenvalue weighted by molar-refractivity contribution is 5.70. The van der Waals surface area contributed by atoms with Gasteiger partial charge < -0.3 is 10.1 Å². The molecule has 156 valence electrons. The fourth-order valence-electron chi connectivity index (χ4n) is 4.63. The number of methoxy groups -OCH3 is 1. The van der Waals surface area contributed by atoms with Crippen LogP contribution in [0.25, 0.3) is 5.69 Å². The van der Waals surface area contributed by atoms with Crippen LogP contribution in [-0.4, -0.2) is 66.7 Å². The van der Waals surface area contributed by atoms with Crippen LogP contribution in [-0.2, 0) is 9.53 Å². The summed E-state index contributed by atoms with van der Waals surface area (Å²) in [4.78, 5) is 14.3. The Labute approximate surface area is 171 Å². The first-order valence-corrected chi connectivity index (χ1v) is 10.2. The van der Waals surface area contributed by atoms with Crippen LogP contribution >= 0.6 is 0 Å². The monoisotopic (exact) mass is 400 g/mol. The van der Waals surface area contributed by atoms with Crippen molar-refractivity contribution >= 4 is 5.97 Å². The van der Waals surface area contributed by atoms with E-state index in [0.717, 1.165) is 42.3 Å². The maximum atomic E-state index is 14.6. The van der Waals surface area contributed by atoms with E-state index in [0.29, 0.717) is 13.1 Å². The molecule has 0 aliphatic carbocycles. The molecule has 1 aromatic carbocycles. The van der Waals surface area contributed by atoms with Crippen molar-refractivity contribution in [3.8, 4) is 5.69 Å². The molecule has 0 radical (unpaired) electrons. The maximum Gasteiger partial charge on any atom is 0.306 e. The molecule has 2 aliphatic heterocycles. The van der Waals surface area contributed by atoms with E-state index in [9.17, 15) is 9.18 Å². The minimum absolute atomic E-state index is 0.0604. The molecule has 2 aromatic rings. The van der Waals surface area contributed by atoms with Gasteiger partial charge >= 0.3 is 5.97 Å². The number of esters is 1. The van der Waals surface area contributed by atoms with Crippen molar-refractivity contribution in [2.24, 2.45) is 5.41 Å². The van der Waals surface area contributed by atoms with Crippen molar-refractivity contribution < 1.29 is 13.9 Å². The van der Waals surface area contributed by atoms with Crippen molar-refractivity contribution in [2.75, 3.05) is 39.8 Å². The van der Waals surface area contributed by atoms with Gasteiger partial charge in [-0.2, -0.15) is 5.10 Å². The van der Waals surface area contributed by atoms with E-state index in [1.54, 1.807) is 0 Å². The zero-order valence-electron chi connectivity index (χ0n) is 17.3. The molecule has 7 heteroatoms. The Bertz CT molecular complexity index is 893. The van der Waals surface area contributed by atoms with Crippen LogP contribution in [0.2, 0.25) is 0 Å². The number of hydrogen-bond donors (Lipinski definition) is 1. The molecule has 0 amide bonds. The summed E-state index contributed by atoms with van der Waals surface area (Å²) in [6.45, 7) is 7.26. The van der Waals surface area contributed by atoms with E-state index in [1.165, 1.54) is 7.11 Å². The average molecular weight is 400 g/mol. The maximum absolute atomic E-state index is 14.6. The Balaban J connectivity index is 1.58. The number of ether oxygens (including phenoxy) is 1. The SMILES string of the molecule is COC(=O)C[C@H](CN1CC(F)C2(CNC2)C1)c1cccc(-n2nc(C)cc2C)c1. The molecule has 0 bridgehead atoms. The summed E-state index contributed by atoms with van der Waals surface area (Å²) >= 11 is 0. The van der Waals surface area contributed by atoms with Gasteiger partial charge in [0.15, 0.2) is 0 Å². The highest BCUT2D eigenvalue weighted by Crippen LogP contribution is 2.38. The zero-order valence-corrected chi connectivity index (χ0v) is 17.3. The number of aromatic nitrogens is 2. The van der Waals surface area contributed by atoms with Crippen molar-refractivity contribution in [1.82, 2.24) is 20.0 Å². The van der Waals surface area contributed by atoms with Gasteiger partial charge in [-0.3, -0.25) is 9.69 Å². The number of benzene rings is 1. The number of rotatable bonds is 6. The second-order valence-electron chi connectivity index (χ2n) is 8.54. The summed E-state index contributed by atoms with van der Waals surface area (Å²) in [5.74, 6) is -0.308. The van der Waals surface area contributed by atoms with Crippen LogP contribution in [0.1, 0.15) is 29.3 Å². The lowest BCUT2D eigenvalue weighted by molar-refractivity contribution is -0.141.